The maximum atomic E-state index is 4.24. The molecule has 1 aliphatic heterocycles. The molecule has 2 unspecified atom stereocenters. The summed E-state index contributed by atoms with van der Waals surface area (Å²) in [4.78, 5) is 2.77. The third-order valence-corrected chi connectivity index (χ3v) is 4.94. The van der Waals surface area contributed by atoms with E-state index < -0.39 is 0 Å². The Morgan fingerprint density at radius 3 is 2.18 bits per heavy atom. The van der Waals surface area contributed by atoms with E-state index >= 15 is 0 Å². The van der Waals surface area contributed by atoms with E-state index in [1.165, 1.54) is 77.3 Å². The molecule has 1 nitrogen and oxygen atoms in total. The van der Waals surface area contributed by atoms with Crippen LogP contribution in [0.4, 0.5) is 0 Å². The first-order chi connectivity index (χ1) is 8.40. The number of unbranched alkanes of at least 4 members (excludes halogenated alkanes) is 6. The largest absolute Gasteiger partial charge is 0.300 e. The summed E-state index contributed by atoms with van der Waals surface area (Å²) in [6, 6.07) is 0.982. The zero-order valence-electron chi connectivity index (χ0n) is 11.2. The number of rotatable bonds is 9. The van der Waals surface area contributed by atoms with Crippen LogP contribution in [0.2, 0.25) is 0 Å². The van der Waals surface area contributed by atoms with Crippen molar-refractivity contribution in [3.05, 3.63) is 0 Å². The molecule has 0 aromatic rings. The van der Waals surface area contributed by atoms with Gasteiger partial charge in [0.1, 0.15) is 0 Å². The zero-order chi connectivity index (χ0) is 11.9. The van der Waals surface area contributed by atoms with Crippen LogP contribution >= 0.6 is 12.6 Å². The number of piperidine rings is 1. The highest BCUT2D eigenvalue weighted by Crippen LogP contribution is 2.37. The molecule has 1 aliphatic carbocycles. The average Bonchev–Trinajstić information content (AvgIpc) is 2.94. The standard InChI is InChI=1S/C15H29NS/c17-11-7-5-3-1-2-4-6-10-16-13-14-8-9-15(16)12-14/h14-15,17H,1-13H2. The third-order valence-electron chi connectivity index (χ3n) is 4.63. The number of hydrogen-bond acceptors (Lipinski definition) is 2. The lowest BCUT2D eigenvalue weighted by Crippen LogP contribution is -2.32. The number of likely N-dealkylation sites (tertiary alicyclic amines) is 1. The van der Waals surface area contributed by atoms with Crippen molar-refractivity contribution in [1.29, 1.82) is 0 Å². The Labute approximate surface area is 113 Å². The van der Waals surface area contributed by atoms with E-state index in [1.807, 2.05) is 0 Å². The highest BCUT2D eigenvalue weighted by molar-refractivity contribution is 7.80. The summed E-state index contributed by atoms with van der Waals surface area (Å²) in [5.41, 5.74) is 0. The average molecular weight is 255 g/mol. The second kappa shape index (κ2) is 7.68. The molecule has 2 heteroatoms. The zero-order valence-corrected chi connectivity index (χ0v) is 12.1. The highest BCUT2D eigenvalue weighted by Gasteiger charge is 2.36. The number of hydrogen-bond donors (Lipinski definition) is 1. The van der Waals surface area contributed by atoms with Gasteiger partial charge in [-0.15, -0.1) is 0 Å². The molecule has 100 valence electrons. The van der Waals surface area contributed by atoms with Crippen LogP contribution in [0.5, 0.6) is 0 Å². The van der Waals surface area contributed by atoms with Gasteiger partial charge in [0.25, 0.3) is 0 Å². The van der Waals surface area contributed by atoms with Gasteiger partial charge in [0.2, 0.25) is 0 Å². The van der Waals surface area contributed by atoms with E-state index in [9.17, 15) is 0 Å². The Kier molecular flexibility index (Phi) is 6.21. The Hall–Kier alpha value is 0.310. The first-order valence-electron chi connectivity index (χ1n) is 7.75. The minimum atomic E-state index is 0.982. The van der Waals surface area contributed by atoms with Crippen molar-refractivity contribution in [3.8, 4) is 0 Å². The molecule has 0 spiro atoms. The number of fused-ring (bicyclic) bond motifs is 2. The fraction of sp³-hybridized carbons (Fsp3) is 1.00. The van der Waals surface area contributed by atoms with Crippen LogP contribution in [0.15, 0.2) is 0 Å². The predicted octanol–water partition coefficient (Wildman–Crippen LogP) is 4.13. The maximum absolute atomic E-state index is 4.24. The molecule has 2 fully saturated rings. The van der Waals surface area contributed by atoms with Gasteiger partial charge in [0.15, 0.2) is 0 Å². The van der Waals surface area contributed by atoms with Gasteiger partial charge in [-0.1, -0.05) is 32.1 Å². The lowest BCUT2D eigenvalue weighted by atomic mass is 10.1. The summed E-state index contributed by atoms with van der Waals surface area (Å²) in [5, 5.41) is 0. The van der Waals surface area contributed by atoms with E-state index in [2.05, 4.69) is 17.5 Å². The first kappa shape index (κ1) is 13.7. The molecule has 1 heterocycles. The fourth-order valence-corrected chi connectivity index (χ4v) is 3.83. The fourth-order valence-electron chi connectivity index (χ4n) is 3.61. The molecule has 0 aromatic carbocycles. The van der Waals surface area contributed by atoms with Crippen LogP contribution in [0.3, 0.4) is 0 Å². The van der Waals surface area contributed by atoms with Crippen LogP contribution < -0.4 is 0 Å². The van der Waals surface area contributed by atoms with Crippen molar-refractivity contribution in [2.75, 3.05) is 18.8 Å². The van der Waals surface area contributed by atoms with Crippen LogP contribution in [0.1, 0.15) is 64.2 Å². The maximum Gasteiger partial charge on any atom is 0.00985 e. The lowest BCUT2D eigenvalue weighted by Gasteiger charge is -2.26. The van der Waals surface area contributed by atoms with Gasteiger partial charge in [-0.25, -0.2) is 0 Å². The summed E-state index contributed by atoms with van der Waals surface area (Å²) >= 11 is 4.24. The third kappa shape index (κ3) is 4.48. The molecule has 0 N–H and O–H groups in total. The van der Waals surface area contributed by atoms with Crippen molar-refractivity contribution in [1.82, 2.24) is 4.90 Å². The second-order valence-electron chi connectivity index (χ2n) is 6.03. The normalized spacial score (nSPS) is 28.1. The highest BCUT2D eigenvalue weighted by atomic mass is 32.1. The summed E-state index contributed by atoms with van der Waals surface area (Å²) in [7, 11) is 0. The lowest BCUT2D eigenvalue weighted by molar-refractivity contribution is 0.209. The van der Waals surface area contributed by atoms with Crippen molar-refractivity contribution < 1.29 is 0 Å². The summed E-state index contributed by atoms with van der Waals surface area (Å²) < 4.78 is 0. The minimum Gasteiger partial charge on any atom is -0.300 e. The van der Waals surface area contributed by atoms with E-state index in [4.69, 9.17) is 0 Å². The predicted molar refractivity (Wildman–Crippen MR) is 78.9 cm³/mol. The summed E-state index contributed by atoms with van der Waals surface area (Å²) in [5.74, 6) is 2.14. The van der Waals surface area contributed by atoms with Crippen molar-refractivity contribution in [3.63, 3.8) is 0 Å². The topological polar surface area (TPSA) is 3.24 Å². The van der Waals surface area contributed by atoms with Crippen LogP contribution in [0.25, 0.3) is 0 Å². The molecule has 0 aromatic heterocycles. The molecule has 17 heavy (non-hydrogen) atoms. The van der Waals surface area contributed by atoms with Crippen LogP contribution in [-0.4, -0.2) is 29.8 Å². The molecule has 2 bridgehead atoms. The van der Waals surface area contributed by atoms with Crippen molar-refractivity contribution in [2.24, 2.45) is 5.92 Å². The van der Waals surface area contributed by atoms with Gasteiger partial charge in [0, 0.05) is 12.6 Å². The molecule has 2 aliphatic rings. The van der Waals surface area contributed by atoms with E-state index in [-0.39, 0.29) is 0 Å². The van der Waals surface area contributed by atoms with Crippen molar-refractivity contribution in [2.45, 2.75) is 70.3 Å². The number of nitrogens with zero attached hydrogens (tertiary/aromatic N) is 1. The molecular formula is C15H29NS. The Balaban J connectivity index is 1.39. The van der Waals surface area contributed by atoms with Gasteiger partial charge >= 0.3 is 0 Å². The Bertz CT molecular complexity index is 207. The molecule has 1 saturated heterocycles. The molecule has 1 saturated carbocycles. The van der Waals surface area contributed by atoms with Gasteiger partial charge in [-0.05, 0) is 50.3 Å². The summed E-state index contributed by atoms with van der Waals surface area (Å²) in [6.07, 6.45) is 14.4. The minimum absolute atomic E-state index is 0.982. The van der Waals surface area contributed by atoms with Gasteiger partial charge in [-0.2, -0.15) is 12.6 Å². The second-order valence-corrected chi connectivity index (χ2v) is 6.47. The first-order valence-corrected chi connectivity index (χ1v) is 8.38. The van der Waals surface area contributed by atoms with Gasteiger partial charge in [0.05, 0.1) is 0 Å². The van der Waals surface area contributed by atoms with E-state index in [0.717, 1.165) is 17.7 Å². The van der Waals surface area contributed by atoms with Gasteiger partial charge < -0.3 is 4.90 Å². The quantitative estimate of drug-likeness (QED) is 0.479. The number of thiol groups is 1. The molecular weight excluding hydrogens is 226 g/mol. The smallest absolute Gasteiger partial charge is 0.00985 e. The van der Waals surface area contributed by atoms with E-state index in [1.54, 1.807) is 0 Å². The molecule has 0 amide bonds. The monoisotopic (exact) mass is 255 g/mol. The van der Waals surface area contributed by atoms with Crippen LogP contribution in [-0.2, 0) is 0 Å². The summed E-state index contributed by atoms with van der Waals surface area (Å²) in [6.45, 7) is 2.81. The SMILES string of the molecule is SCCCCCCCCCN1CC2CCC1C2. The molecule has 2 rings (SSSR count). The molecule has 0 radical (unpaired) electrons. The Morgan fingerprint density at radius 2 is 1.59 bits per heavy atom. The van der Waals surface area contributed by atoms with Crippen LogP contribution in [0, 0.1) is 5.92 Å². The van der Waals surface area contributed by atoms with Gasteiger partial charge in [-0.3, -0.25) is 0 Å². The van der Waals surface area contributed by atoms with E-state index in [0.29, 0.717) is 0 Å². The van der Waals surface area contributed by atoms with Crippen molar-refractivity contribution >= 4 is 12.6 Å². The molecule has 2 atom stereocenters. The Morgan fingerprint density at radius 1 is 0.882 bits per heavy atom.